The van der Waals surface area contributed by atoms with Crippen LogP contribution in [0, 0.1) is 25.6 Å². The summed E-state index contributed by atoms with van der Waals surface area (Å²) in [6.07, 6.45) is 13.6. The van der Waals surface area contributed by atoms with Crippen molar-refractivity contribution in [3.8, 4) is 0 Å². The first kappa shape index (κ1) is 49.2. The molecule has 1 saturated carbocycles. The fraction of sp³-hybridized carbons (Fsp3) is 0.644. The van der Waals surface area contributed by atoms with E-state index in [1.807, 2.05) is 27.7 Å². The van der Waals surface area contributed by atoms with Gasteiger partial charge in [0.15, 0.2) is 0 Å². The van der Waals surface area contributed by atoms with Gasteiger partial charge in [0.1, 0.15) is 5.82 Å². The zero-order chi connectivity index (χ0) is 38.0. The Kier molecular flexibility index (Phi) is 27.9. The second kappa shape index (κ2) is 27.8. The molecule has 0 aromatic heterocycles. The number of aryl methyl sites for hydroxylation is 2. The lowest BCUT2D eigenvalue weighted by atomic mass is 9.94. The third-order valence-corrected chi connectivity index (χ3v) is 10.4. The van der Waals surface area contributed by atoms with Crippen molar-refractivity contribution in [1.82, 2.24) is 10.2 Å². The Morgan fingerprint density at radius 3 is 1.94 bits per heavy atom. The van der Waals surface area contributed by atoms with Crippen LogP contribution in [0.3, 0.4) is 0 Å². The van der Waals surface area contributed by atoms with Crippen LogP contribution in [0.2, 0.25) is 0 Å². The second-order valence-electron chi connectivity index (χ2n) is 14.8. The topological polar surface area (TPSA) is 15.3 Å². The molecule has 1 N–H and O–H groups in total. The quantitative estimate of drug-likeness (QED) is 0.159. The van der Waals surface area contributed by atoms with E-state index < -0.39 is 9.21 Å². The summed E-state index contributed by atoms with van der Waals surface area (Å²) in [7, 11) is -1.02. The molecule has 2 fully saturated rings. The monoisotopic (exact) mass is 701 g/mol. The van der Waals surface area contributed by atoms with Crippen molar-refractivity contribution >= 4 is 20.9 Å². The van der Waals surface area contributed by atoms with Gasteiger partial charge >= 0.3 is 0 Å². The average molecular weight is 701 g/mol. The first-order chi connectivity index (χ1) is 23.0. The Morgan fingerprint density at radius 2 is 1.51 bits per heavy atom. The van der Waals surface area contributed by atoms with E-state index in [0.29, 0.717) is 11.5 Å². The number of hydrogen-bond donors (Lipinski definition) is 1. The largest absolute Gasteiger partial charge is 0.315 e. The maximum absolute atomic E-state index is 13.2. The van der Waals surface area contributed by atoms with Gasteiger partial charge in [-0.1, -0.05) is 122 Å². The fourth-order valence-electron chi connectivity index (χ4n) is 4.62. The van der Waals surface area contributed by atoms with Crippen LogP contribution in [0.25, 0.3) is 0 Å². The lowest BCUT2D eigenvalue weighted by Crippen LogP contribution is -2.45. The van der Waals surface area contributed by atoms with Gasteiger partial charge in [-0.15, -0.1) is 6.58 Å². The predicted octanol–water partition coefficient (Wildman–Crippen LogP) is 13.4. The third kappa shape index (κ3) is 26.6. The van der Waals surface area contributed by atoms with Crippen molar-refractivity contribution in [2.45, 2.75) is 157 Å². The van der Waals surface area contributed by atoms with E-state index in [2.05, 4.69) is 121 Å². The lowest BCUT2D eigenvalue weighted by molar-refractivity contribution is 0.125. The summed E-state index contributed by atoms with van der Waals surface area (Å²) < 4.78 is 13.2. The van der Waals surface area contributed by atoms with Crippen LogP contribution in [0.5, 0.6) is 0 Å². The van der Waals surface area contributed by atoms with E-state index in [9.17, 15) is 4.39 Å². The molecule has 0 unspecified atom stereocenters. The summed E-state index contributed by atoms with van der Waals surface area (Å²) in [5.41, 5.74) is 5.10. The highest BCUT2D eigenvalue weighted by atomic mass is 32.2. The number of unbranched alkanes of at least 4 members (excludes halogenated alkanes) is 2. The molecule has 284 valence electrons. The van der Waals surface area contributed by atoms with Crippen LogP contribution >= 0.6 is 9.21 Å². The molecule has 4 rings (SSSR count). The summed E-state index contributed by atoms with van der Waals surface area (Å²) in [4.78, 5) is 3.87. The van der Waals surface area contributed by atoms with Gasteiger partial charge in [-0.05, 0) is 132 Å². The van der Waals surface area contributed by atoms with E-state index in [0.717, 1.165) is 36.4 Å². The summed E-state index contributed by atoms with van der Waals surface area (Å²) in [5, 5.41) is 3.43. The first-order valence-electron chi connectivity index (χ1n) is 19.3. The van der Waals surface area contributed by atoms with Gasteiger partial charge in [0.2, 0.25) is 0 Å². The minimum absolute atomic E-state index is 0.104. The third-order valence-electron chi connectivity index (χ3n) is 9.00. The van der Waals surface area contributed by atoms with Crippen molar-refractivity contribution < 1.29 is 4.39 Å². The standard InChI is InChI=1S/C14H21F.C10H22N2.C10H14S.C5H10.C4H8.C2H6/c1-4-5-6-7-12(3)13-8-11(2)9-14(15)10-13;1-4-10(2,3)12-8-5-6-11-7-9-12;1-9-5-7-10(8-6-9)11(2,3)4;1-4-5(2)3;1-4-2-3-4;1-2/h8-10,12H,4-7H2,1-3H3;11H,4-9H2,1-3H3;5-8H,2-3H2,1,4H3;2,4H2,1,3H3;4H,2-3H2,1H3;1-2H3/t12-;;;;;/m0...../s1. The number of halogens is 1. The number of benzene rings is 2. The lowest BCUT2D eigenvalue weighted by Gasteiger charge is -2.37. The highest BCUT2D eigenvalue weighted by Crippen LogP contribution is 2.27. The molecule has 0 spiro atoms. The molecule has 1 saturated heterocycles. The zero-order valence-corrected chi connectivity index (χ0v) is 35.6. The van der Waals surface area contributed by atoms with E-state index >= 15 is 0 Å². The summed E-state index contributed by atoms with van der Waals surface area (Å²) in [6, 6.07) is 13.8. The summed E-state index contributed by atoms with van der Waals surface area (Å²) in [5.74, 6) is 9.54. The molecule has 0 bridgehead atoms. The molecule has 0 amide bonds. The van der Waals surface area contributed by atoms with E-state index in [1.165, 1.54) is 80.6 Å². The van der Waals surface area contributed by atoms with Gasteiger partial charge in [-0.3, -0.25) is 4.90 Å². The predicted molar refractivity (Wildman–Crippen MR) is 229 cm³/mol. The van der Waals surface area contributed by atoms with E-state index in [-0.39, 0.29) is 5.82 Å². The van der Waals surface area contributed by atoms with Gasteiger partial charge in [0.05, 0.1) is 0 Å². The number of nitrogens with zero attached hydrogens (tertiary/aromatic N) is 1. The van der Waals surface area contributed by atoms with Crippen LogP contribution in [-0.2, 0) is 0 Å². The Hall–Kier alpha value is -1.88. The number of hydrogen-bond acceptors (Lipinski definition) is 2. The van der Waals surface area contributed by atoms with Crippen molar-refractivity contribution in [2.75, 3.05) is 32.4 Å². The van der Waals surface area contributed by atoms with Gasteiger partial charge in [-0.2, -0.15) is 9.21 Å². The molecule has 1 atom stereocenters. The first-order valence-corrected chi connectivity index (χ1v) is 21.7. The SMILES string of the molecule is C=C(C)CC.C=S(=C)(C)c1ccc(C)cc1.CC.CC1CC1.CCC(C)(C)N1CCCNCC1.CCCCC[C@H](C)c1cc(C)cc(F)c1. The molecule has 2 nitrogen and oxygen atoms in total. The fourth-order valence-corrected chi connectivity index (χ4v) is 5.42. The molecule has 1 heterocycles. The average Bonchev–Trinajstić information content (AvgIpc) is 3.89. The van der Waals surface area contributed by atoms with Crippen molar-refractivity contribution in [2.24, 2.45) is 5.92 Å². The molecule has 4 heteroatoms. The Labute approximate surface area is 307 Å². The number of allylic oxidation sites excluding steroid dienone is 1. The molecule has 49 heavy (non-hydrogen) atoms. The second-order valence-corrected chi connectivity index (χ2v) is 17.8. The normalized spacial score (nSPS) is 15.0. The van der Waals surface area contributed by atoms with E-state index in [4.69, 9.17) is 0 Å². The minimum atomic E-state index is -1.02. The number of rotatable bonds is 9. The van der Waals surface area contributed by atoms with Crippen LogP contribution < -0.4 is 5.32 Å². The molecule has 2 aromatic rings. The Balaban J connectivity index is 0. The van der Waals surface area contributed by atoms with Gasteiger partial charge < -0.3 is 5.32 Å². The van der Waals surface area contributed by atoms with Crippen molar-refractivity contribution in [3.63, 3.8) is 0 Å². The molecule has 1 aliphatic carbocycles. The smallest absolute Gasteiger partial charge is 0.123 e. The molecule has 2 aromatic carbocycles. The van der Waals surface area contributed by atoms with Crippen molar-refractivity contribution in [3.05, 3.63) is 77.1 Å². The molecule has 2 aliphatic rings. The van der Waals surface area contributed by atoms with Gasteiger partial charge in [0.25, 0.3) is 0 Å². The highest BCUT2D eigenvalue weighted by Gasteiger charge is 2.24. The summed E-state index contributed by atoms with van der Waals surface area (Å²) in [6.45, 7) is 34.3. The minimum Gasteiger partial charge on any atom is -0.315 e. The molecular formula is C45H81FN2S. The molecule has 1 aliphatic heterocycles. The highest BCUT2D eigenvalue weighted by molar-refractivity contribution is 8.27. The van der Waals surface area contributed by atoms with Gasteiger partial charge in [-0.25, -0.2) is 4.39 Å². The van der Waals surface area contributed by atoms with Crippen LogP contribution in [0.15, 0.2) is 59.5 Å². The number of nitrogens with one attached hydrogen (secondary N) is 1. The summed E-state index contributed by atoms with van der Waals surface area (Å²) >= 11 is 0. The Bertz CT molecular complexity index is 1180. The molecule has 0 radical (unpaired) electrons. The van der Waals surface area contributed by atoms with Crippen LogP contribution in [-0.4, -0.2) is 54.6 Å². The van der Waals surface area contributed by atoms with E-state index in [1.54, 1.807) is 12.1 Å². The van der Waals surface area contributed by atoms with Crippen molar-refractivity contribution in [1.29, 1.82) is 0 Å². The zero-order valence-electron chi connectivity index (χ0n) is 34.7. The Morgan fingerprint density at radius 1 is 0.959 bits per heavy atom. The maximum Gasteiger partial charge on any atom is 0.123 e. The van der Waals surface area contributed by atoms with Crippen LogP contribution in [0.1, 0.15) is 150 Å². The maximum atomic E-state index is 13.2. The van der Waals surface area contributed by atoms with Gasteiger partial charge in [0, 0.05) is 18.6 Å². The van der Waals surface area contributed by atoms with Crippen LogP contribution in [0.4, 0.5) is 4.39 Å². The molecular weight excluding hydrogens is 620 g/mol.